The van der Waals surface area contributed by atoms with Gasteiger partial charge in [0.05, 0.1) is 24.4 Å². The number of halogens is 1. The number of carbonyl (C=O) groups is 1. The van der Waals surface area contributed by atoms with Crippen molar-refractivity contribution >= 4 is 51.3 Å². The highest BCUT2D eigenvalue weighted by Crippen LogP contribution is 2.40. The second kappa shape index (κ2) is 13.5. The highest BCUT2D eigenvalue weighted by atomic mass is 35.5. The van der Waals surface area contributed by atoms with E-state index in [2.05, 4.69) is 54.7 Å². The van der Waals surface area contributed by atoms with Gasteiger partial charge in [0.15, 0.2) is 5.13 Å². The number of rotatable bonds is 9. The average molecular weight is 873 g/mol. The van der Waals surface area contributed by atoms with Gasteiger partial charge in [0.1, 0.15) is 22.3 Å². The van der Waals surface area contributed by atoms with E-state index >= 15 is 0 Å². The normalized spacial score (nSPS) is 18.9. The van der Waals surface area contributed by atoms with E-state index in [-0.39, 0.29) is 201 Å². The van der Waals surface area contributed by atoms with Gasteiger partial charge in [-0.1, -0.05) is 50.6 Å². The second-order valence-electron chi connectivity index (χ2n) is 12.3. The van der Waals surface area contributed by atoms with Crippen molar-refractivity contribution < 1.29 is 184 Å². The second-order valence-corrected chi connectivity index (χ2v) is 13.7. The highest BCUT2D eigenvalue weighted by Gasteiger charge is 2.31. The first-order valence-electron chi connectivity index (χ1n) is 20.5. The molecule has 3 aromatic rings. The maximum atomic E-state index is 13.9. The molecule has 0 radical (unpaired) electrons. The standard InChI is InChI=1S/C32H46ClN7O2S.116H2/c1-17(2)27-22(8)19(5)13-24(33)28(27)38(10)31(42)29-23(9)34-32(43-29)36-25-14-26(37-30(35-25)18(3)4)40-20(6)15-39(11-12-41)16-21(40)7;;;;;;;;;;;;;;;;;;;;;;;;;;;;;;;;;;;;;;;;;;;;;;;;;;;;;;;;;;;;;;;;;;;;;;;;;;;;;;;;;;;;;;;;;;;;;;;;;;;;;;;;;;;;;;;;;;;;/h13-14,17-18,20-21,41H,11-12,15-16H2,1-10H3,(H,34,35,36,37);116*1H/i14D;5*1+1D;;;;;;;;;;;;;;;;;;;;;;;;;;;;;;;;;;;;;;;;;;;;;;;;;;;;;;;;;;;;;;;;;;;;;;;;;;;;;;;;;;;;;;;;;;;;;;;;;;;;;;;;;;;;;;;. The molecule has 3 heterocycles. The summed E-state index contributed by atoms with van der Waals surface area (Å²) < 4.78 is 59.1. The molecule has 2 aromatic heterocycles. The summed E-state index contributed by atoms with van der Waals surface area (Å²) in [4.78, 5) is 34.7. The van der Waals surface area contributed by atoms with Gasteiger partial charge in [0.2, 0.25) is 0 Å². The molecule has 1 saturated heterocycles. The Morgan fingerprint density at radius 1 is 1.23 bits per heavy atom. The molecule has 466 valence electrons. The van der Waals surface area contributed by atoms with Crippen LogP contribution in [0.2, 0.25) is 5.02 Å². The zero-order valence-corrected chi connectivity index (χ0v) is 28.6. The summed E-state index contributed by atoms with van der Waals surface area (Å²) in [6, 6.07) is 2.28. The smallest absolute Gasteiger partial charge is 0.270 e. The van der Waals surface area contributed by atoms with Gasteiger partial charge in [-0.2, -0.15) is 0 Å². The van der Waals surface area contributed by atoms with Gasteiger partial charge in [-0.05, 0) is 63.3 Å². The number of nitrogens with one attached hydrogen (secondary N) is 1. The van der Waals surface area contributed by atoms with E-state index in [0.717, 1.165) is 35.5 Å². The number of hydrogen-bond donors (Lipinski definition) is 2. The fourth-order valence-corrected chi connectivity index (χ4v) is 7.29. The van der Waals surface area contributed by atoms with Crippen LogP contribution in [0.1, 0.15) is 266 Å². The number of benzene rings is 1. The molecule has 0 aliphatic carbocycles. The molecule has 43 heavy (non-hydrogen) atoms. The lowest BCUT2D eigenvalue weighted by Gasteiger charge is -2.45. The molecule has 0 saturated carbocycles. The zero-order chi connectivity index (χ0) is 42.6. The van der Waals surface area contributed by atoms with Crippen molar-refractivity contribution in [2.24, 2.45) is 0 Å². The highest BCUT2D eigenvalue weighted by molar-refractivity contribution is 7.17. The molecule has 2 unspecified atom stereocenters. The number of aliphatic hydroxyl groups is 1. The number of β-amino-alcohol motifs (C(OH)–C–C–N with tert-alkyl or cyclic N) is 1. The van der Waals surface area contributed by atoms with Crippen molar-refractivity contribution in [1.29, 1.82) is 0 Å². The van der Waals surface area contributed by atoms with E-state index < -0.39 is 0 Å². The minimum absolute atomic E-state index is 0. The molecular formula is C32H278ClN7O2S. The van der Waals surface area contributed by atoms with Crippen LogP contribution in [0.15, 0.2) is 12.1 Å². The molecule has 0 spiro atoms. The number of amides is 1. The van der Waals surface area contributed by atoms with Gasteiger partial charge in [-0.25, -0.2) is 15.0 Å². The number of aromatic nitrogens is 3. The van der Waals surface area contributed by atoms with Gasteiger partial charge in [0.25, 0.3) is 5.91 Å². The molecule has 2 N–H and O–H groups in total. The molecule has 0 bridgehead atoms. The Morgan fingerprint density at radius 3 is 2.47 bits per heavy atom. The topological polar surface area (TPSA) is 97.7 Å². The lowest BCUT2D eigenvalue weighted by Crippen LogP contribution is -2.57. The van der Waals surface area contributed by atoms with Gasteiger partial charge in [0, 0.05) is 224 Å². The first kappa shape index (κ1) is 25.5. The van der Waals surface area contributed by atoms with E-state index in [9.17, 15) is 9.90 Å². The van der Waals surface area contributed by atoms with E-state index in [4.69, 9.17) is 37.8 Å². The van der Waals surface area contributed by atoms with Crippen molar-refractivity contribution in [2.75, 3.05) is 48.4 Å². The van der Waals surface area contributed by atoms with Crippen LogP contribution in [0.25, 0.3) is 0 Å². The Bertz CT molecular complexity index is 1650. The zero-order valence-electron chi connectivity index (χ0n) is 38.0. The lowest BCUT2D eigenvalue weighted by molar-refractivity contribution is 0.0996. The Morgan fingerprint density at radius 2 is 1.88 bits per heavy atom. The molecule has 1 aromatic carbocycles. The molecule has 4 rings (SSSR count). The number of nitrogens with zero attached hydrogens (tertiary/aromatic N) is 6. The maximum absolute atomic E-state index is 13.9. The molecule has 2 atom stereocenters. The average Bonchev–Trinajstić information content (AvgIpc) is 3.53. The van der Waals surface area contributed by atoms with Crippen LogP contribution >= 0.6 is 22.9 Å². The molecule has 1 fully saturated rings. The molecule has 1 aliphatic rings. The largest absolute Gasteiger partial charge is 0.395 e. The van der Waals surface area contributed by atoms with Crippen LogP contribution in [0.3, 0.4) is 0 Å². The third-order valence-electron chi connectivity index (χ3n) is 8.10. The Balaban J connectivity index is -0.00000000196. The number of anilines is 4. The minimum Gasteiger partial charge on any atom is -0.395 e. The first-order chi connectivity index (χ1) is 25.7. The number of piperazine rings is 1. The van der Waals surface area contributed by atoms with Gasteiger partial charge >= 0.3 is 0 Å². The predicted molar refractivity (Wildman–Crippen MR) is 424 cm³/mol. The maximum Gasteiger partial charge on any atom is 0.270 e. The Labute approximate surface area is 447 Å². The number of carbonyl (C=O) groups excluding carboxylic acids is 1. The summed E-state index contributed by atoms with van der Waals surface area (Å²) in [6.45, 7) is 20.7. The fraction of sp³-hybridized carbons (Fsp3) is 0.562. The van der Waals surface area contributed by atoms with E-state index in [1.165, 1.54) is 11.3 Å². The lowest BCUT2D eigenvalue weighted by atomic mass is 9.92. The van der Waals surface area contributed by atoms with Crippen molar-refractivity contribution in [3.63, 3.8) is 0 Å². The van der Waals surface area contributed by atoms with Crippen molar-refractivity contribution in [2.45, 2.75) is 86.2 Å². The molecule has 11 heteroatoms. The summed E-state index contributed by atoms with van der Waals surface area (Å²) in [7, 11) is 1.76. The van der Waals surface area contributed by atoms with E-state index in [1.54, 1.807) is 11.9 Å². The Hall–Kier alpha value is -2.79. The predicted octanol–water partition coefficient (Wildman–Crippen LogP) is 35.2. The number of hydrogen-bond acceptors (Lipinski definition) is 9. The van der Waals surface area contributed by atoms with Crippen molar-refractivity contribution in [3.05, 3.63) is 50.2 Å². The van der Waals surface area contributed by atoms with E-state index in [1.807, 2.05) is 33.8 Å². The summed E-state index contributed by atoms with van der Waals surface area (Å²) in [5.41, 5.74) is 4.59. The van der Waals surface area contributed by atoms with Gasteiger partial charge in [-0.15, -0.1) is 0 Å². The molecular weight excluding hydrogens is 582 g/mol. The summed E-state index contributed by atoms with van der Waals surface area (Å²) >= 11 is 7.98. The first-order valence-corrected chi connectivity index (χ1v) is 16.2. The van der Waals surface area contributed by atoms with Crippen molar-refractivity contribution in [3.8, 4) is 0 Å². The van der Waals surface area contributed by atoms with Gasteiger partial charge in [-0.3, -0.25) is 9.69 Å². The fourth-order valence-electron chi connectivity index (χ4n) is 5.96. The molecule has 9 nitrogen and oxygen atoms in total. The van der Waals surface area contributed by atoms with Crippen LogP contribution in [0, 0.1) is 20.8 Å². The summed E-state index contributed by atoms with van der Waals surface area (Å²) in [6.07, 6.45) is 0. The van der Waals surface area contributed by atoms with Crippen LogP contribution in [0.5, 0.6) is 0 Å². The van der Waals surface area contributed by atoms with Crippen LogP contribution in [0.4, 0.5) is 22.5 Å². The number of aryl methyl sites for hydroxylation is 2. The SMILES string of the molecule is [2H][2H].[2H][2H].[2H][2H].[2H][2H].[2H][2H].[2H]c1c(Nc2nc(C)c(C(=O)N(C)c3c(Cl)cc(C)c(C)c3C(C)C)s2)nc(C(C)C)nc1N1C(C)CN(CCO)CC1C.[HH].[HH].[HH].[HH].[HH].[HH].[HH].[HH].[HH].[HH].[HH].[HH].[HH].[HH].[HH].[HH].[HH].[HH].[HH].[HH].[HH].[HH].[HH].[HH].[HH].[HH].[HH].[HH].[HH].[HH].[HH].[HH].[HH].[HH].[HH].[HH].[HH].[HH].[HH].[HH].[HH].[HH].[HH].[HH].[HH].[HH].[HH].[HH].[HH].[HH].[HH].[HH].[HH].[HH].[HH].[HH].[HH].[HH].[HH].[HH].[HH].[HH].[HH].[HH].[HH].[HH].[HH].[HH].[HH].[HH].[HH].[HH].[HH].[HH].[HH].[HH].[HH].[HH].[HH].[HH].[HH].[HH].[HH].[HH].[HH].[HH].[HH].[HH].[HH].[HH].[HH].[HH].[HH].[HH].[HH].[HH].[HH].[HH].[HH].[HH].[HH].[HH].[HH].[HH].[HH].[HH].[HH].[HH].[HH].[HH].[HH]. The number of aliphatic hydroxyl groups excluding tert-OH is 1. The van der Waals surface area contributed by atoms with E-state index in [0.29, 0.717) is 44.7 Å². The van der Waals surface area contributed by atoms with Gasteiger partial charge < -0.3 is 20.2 Å². The van der Waals surface area contributed by atoms with Crippen molar-refractivity contribution in [1.82, 2.24) is 19.9 Å². The monoisotopic (exact) mass is 872 g/mol. The summed E-state index contributed by atoms with van der Waals surface area (Å²) in [5.74, 6) is 1.59. The minimum atomic E-state index is -0.194. The van der Waals surface area contributed by atoms with Crippen LogP contribution < -0.4 is 15.1 Å². The molecule has 1 aliphatic heterocycles. The van der Waals surface area contributed by atoms with Crippen LogP contribution in [-0.4, -0.2) is 76.2 Å². The summed E-state index contributed by atoms with van der Waals surface area (Å²) in [5, 5.41) is 13.7. The third-order valence-corrected chi connectivity index (χ3v) is 9.45. The quantitative estimate of drug-likeness (QED) is 0.219. The molecule has 1 amide bonds. The number of thiazole rings is 1. The Kier molecular flexibility index (Phi) is 7.99. The van der Waals surface area contributed by atoms with Crippen LogP contribution in [-0.2, 0) is 0 Å². The third kappa shape index (κ3) is 6.98.